The first-order chi connectivity index (χ1) is 9.73. The Morgan fingerprint density at radius 3 is 2.57 bits per heavy atom. The summed E-state index contributed by atoms with van der Waals surface area (Å²) in [6, 6.07) is 0. The van der Waals surface area contributed by atoms with Gasteiger partial charge in [-0.1, -0.05) is 13.5 Å². The fourth-order valence-corrected chi connectivity index (χ4v) is 4.24. The minimum atomic E-state index is -1.53. The lowest BCUT2D eigenvalue weighted by atomic mass is 9.52. The normalized spacial score (nSPS) is 52.7. The maximum atomic E-state index is 12.2. The summed E-state index contributed by atoms with van der Waals surface area (Å²) in [6.45, 7) is 6.48. The zero-order chi connectivity index (χ0) is 15.7. The van der Waals surface area contributed by atoms with E-state index in [2.05, 4.69) is 6.58 Å². The first-order valence-corrected chi connectivity index (χ1v) is 6.96. The van der Waals surface area contributed by atoms with Crippen LogP contribution in [0.25, 0.3) is 0 Å². The molecule has 0 aromatic heterocycles. The van der Waals surface area contributed by atoms with Gasteiger partial charge in [0.1, 0.15) is 18.3 Å². The van der Waals surface area contributed by atoms with Crippen LogP contribution in [-0.4, -0.2) is 63.3 Å². The lowest BCUT2D eigenvalue weighted by Gasteiger charge is -2.57. The second-order valence-electron chi connectivity index (χ2n) is 6.46. The Hall–Kier alpha value is -1.05. The molecule has 1 aliphatic heterocycles. The molecule has 6 nitrogen and oxygen atoms in total. The minimum absolute atomic E-state index is 0.344. The van der Waals surface area contributed by atoms with Crippen molar-refractivity contribution >= 4 is 5.78 Å². The number of rotatable bonds is 1. The van der Waals surface area contributed by atoms with E-state index in [1.54, 1.807) is 19.9 Å². The van der Waals surface area contributed by atoms with E-state index in [0.717, 1.165) is 0 Å². The fourth-order valence-electron chi connectivity index (χ4n) is 4.24. The van der Waals surface area contributed by atoms with Crippen LogP contribution in [0.4, 0.5) is 0 Å². The standard InChI is InChI=1S/C15H20O6/c1-6-4-8-15(5-16,13(20)9(6)17)14(3)7(2)11(21-8)10(18)12(14)19/h4,8,10-13,16,18-20H,2,5H2,1,3H3/t8-,10+,11+,12-,13-,14-,15-/m1/s1. The van der Waals surface area contributed by atoms with E-state index < -0.39 is 53.7 Å². The summed E-state index contributed by atoms with van der Waals surface area (Å²) in [7, 11) is 0. The SMILES string of the molecule is C=C1[C@@H]2O[C@@H]3C=C(C)C(=O)[C@@H](O)[C@]3(CO)[C@@]1(C)[C@H](O)[C@H]2O. The van der Waals surface area contributed by atoms with Gasteiger partial charge < -0.3 is 25.2 Å². The molecule has 116 valence electrons. The van der Waals surface area contributed by atoms with Crippen LogP contribution in [0.5, 0.6) is 0 Å². The quantitative estimate of drug-likeness (QED) is 0.459. The Morgan fingerprint density at radius 1 is 1.38 bits per heavy atom. The Morgan fingerprint density at radius 2 is 2.00 bits per heavy atom. The second-order valence-corrected chi connectivity index (χ2v) is 6.46. The molecular formula is C15H20O6. The number of ketones is 1. The van der Waals surface area contributed by atoms with Gasteiger partial charge in [0.05, 0.1) is 24.2 Å². The van der Waals surface area contributed by atoms with Crippen LogP contribution in [0.3, 0.4) is 0 Å². The average molecular weight is 296 g/mol. The monoisotopic (exact) mass is 296 g/mol. The van der Waals surface area contributed by atoms with Crippen molar-refractivity contribution in [3.05, 3.63) is 23.8 Å². The maximum absolute atomic E-state index is 12.2. The summed E-state index contributed by atoms with van der Waals surface area (Å²) in [5.41, 5.74) is -1.93. The van der Waals surface area contributed by atoms with E-state index in [1.807, 2.05) is 0 Å². The van der Waals surface area contributed by atoms with Gasteiger partial charge in [-0.05, 0) is 24.1 Å². The molecule has 3 rings (SSSR count). The molecule has 6 heteroatoms. The van der Waals surface area contributed by atoms with Crippen molar-refractivity contribution in [2.45, 2.75) is 44.4 Å². The third kappa shape index (κ3) is 1.37. The number of ether oxygens (including phenoxy) is 1. The van der Waals surface area contributed by atoms with Crippen LogP contribution in [0, 0.1) is 10.8 Å². The van der Waals surface area contributed by atoms with Crippen molar-refractivity contribution in [1.29, 1.82) is 0 Å². The van der Waals surface area contributed by atoms with Crippen LogP contribution in [0.1, 0.15) is 13.8 Å². The van der Waals surface area contributed by atoms with E-state index in [4.69, 9.17) is 4.74 Å². The highest BCUT2D eigenvalue weighted by molar-refractivity contribution is 6.00. The van der Waals surface area contributed by atoms with Crippen LogP contribution < -0.4 is 0 Å². The van der Waals surface area contributed by atoms with Gasteiger partial charge in [-0.25, -0.2) is 0 Å². The number of hydrogen-bond donors (Lipinski definition) is 4. The molecule has 1 heterocycles. The zero-order valence-electron chi connectivity index (χ0n) is 12.0. The van der Waals surface area contributed by atoms with Crippen LogP contribution >= 0.6 is 0 Å². The molecule has 2 bridgehead atoms. The third-order valence-electron chi connectivity index (χ3n) is 5.79. The zero-order valence-corrected chi connectivity index (χ0v) is 12.0. The average Bonchev–Trinajstić information content (AvgIpc) is 2.57. The van der Waals surface area contributed by atoms with Crippen molar-refractivity contribution in [1.82, 2.24) is 0 Å². The van der Waals surface area contributed by atoms with Crippen LogP contribution in [0.2, 0.25) is 0 Å². The molecule has 0 amide bonds. The number of hydrogen-bond acceptors (Lipinski definition) is 6. The lowest BCUT2D eigenvalue weighted by Crippen LogP contribution is -2.67. The molecular weight excluding hydrogens is 276 g/mol. The van der Waals surface area contributed by atoms with E-state index in [0.29, 0.717) is 11.1 Å². The number of aliphatic hydroxyl groups excluding tert-OH is 4. The second kappa shape index (κ2) is 4.24. The van der Waals surface area contributed by atoms with E-state index in [1.165, 1.54) is 0 Å². The highest BCUT2D eigenvalue weighted by atomic mass is 16.5. The Balaban J connectivity index is 2.27. The largest absolute Gasteiger partial charge is 0.396 e. The van der Waals surface area contributed by atoms with Gasteiger partial charge in [0.15, 0.2) is 5.78 Å². The molecule has 2 aliphatic carbocycles. The molecule has 7 atom stereocenters. The predicted octanol–water partition coefficient (Wildman–Crippen LogP) is -1.08. The predicted molar refractivity (Wildman–Crippen MR) is 72.2 cm³/mol. The van der Waals surface area contributed by atoms with Gasteiger partial charge >= 0.3 is 0 Å². The highest BCUT2D eigenvalue weighted by Crippen LogP contribution is 2.63. The Bertz CT molecular complexity index is 554. The molecule has 4 N–H and O–H groups in total. The van der Waals surface area contributed by atoms with E-state index >= 15 is 0 Å². The smallest absolute Gasteiger partial charge is 0.187 e. The first kappa shape index (κ1) is 14.9. The van der Waals surface area contributed by atoms with Crippen molar-refractivity contribution in [3.8, 4) is 0 Å². The third-order valence-corrected chi connectivity index (χ3v) is 5.79. The molecule has 0 aromatic rings. The Labute approximate surface area is 122 Å². The molecule has 0 radical (unpaired) electrons. The number of fused-ring (bicyclic) bond motifs is 4. The molecule has 1 saturated heterocycles. The molecule has 1 saturated carbocycles. The summed E-state index contributed by atoms with van der Waals surface area (Å²) >= 11 is 0. The summed E-state index contributed by atoms with van der Waals surface area (Å²) in [5, 5.41) is 41.2. The van der Waals surface area contributed by atoms with Crippen molar-refractivity contribution in [2.24, 2.45) is 10.8 Å². The van der Waals surface area contributed by atoms with Crippen LogP contribution in [0.15, 0.2) is 23.8 Å². The number of carbonyl (C=O) groups excluding carboxylic acids is 1. The van der Waals surface area contributed by atoms with Gasteiger partial charge in [0, 0.05) is 5.41 Å². The van der Waals surface area contributed by atoms with Gasteiger partial charge in [-0.15, -0.1) is 0 Å². The summed E-state index contributed by atoms with van der Waals surface area (Å²) < 4.78 is 5.77. The highest BCUT2D eigenvalue weighted by Gasteiger charge is 2.73. The topological polar surface area (TPSA) is 107 Å². The number of aliphatic hydroxyl groups is 4. The summed E-state index contributed by atoms with van der Waals surface area (Å²) in [6.07, 6.45) is -4.01. The lowest BCUT2D eigenvalue weighted by molar-refractivity contribution is -0.200. The number of Topliss-reactive ketones (excluding diaryl/α,β-unsaturated/α-hetero) is 1. The molecule has 0 spiro atoms. The molecule has 21 heavy (non-hydrogen) atoms. The molecule has 3 aliphatic rings. The summed E-state index contributed by atoms with van der Waals surface area (Å²) in [5.74, 6) is -0.509. The molecule has 0 unspecified atom stereocenters. The van der Waals surface area contributed by atoms with Crippen LogP contribution in [-0.2, 0) is 9.53 Å². The summed E-state index contributed by atoms with van der Waals surface area (Å²) in [4.78, 5) is 12.2. The van der Waals surface area contributed by atoms with Gasteiger partial charge in [0.25, 0.3) is 0 Å². The van der Waals surface area contributed by atoms with E-state index in [9.17, 15) is 25.2 Å². The number of carbonyl (C=O) groups is 1. The van der Waals surface area contributed by atoms with Crippen molar-refractivity contribution in [3.63, 3.8) is 0 Å². The van der Waals surface area contributed by atoms with Gasteiger partial charge in [-0.3, -0.25) is 4.79 Å². The first-order valence-electron chi connectivity index (χ1n) is 6.96. The Kier molecular flexibility index (Phi) is 3.00. The fraction of sp³-hybridized carbons (Fsp3) is 0.667. The van der Waals surface area contributed by atoms with Gasteiger partial charge in [-0.2, -0.15) is 0 Å². The van der Waals surface area contributed by atoms with Gasteiger partial charge in [0.2, 0.25) is 0 Å². The molecule has 0 aromatic carbocycles. The van der Waals surface area contributed by atoms with E-state index in [-0.39, 0.29) is 0 Å². The molecule has 2 fully saturated rings. The van der Waals surface area contributed by atoms with Crippen molar-refractivity contribution < 1.29 is 30.0 Å². The minimum Gasteiger partial charge on any atom is -0.396 e. The van der Waals surface area contributed by atoms with Crippen molar-refractivity contribution in [2.75, 3.05) is 6.61 Å². The maximum Gasteiger partial charge on any atom is 0.187 e.